The molecule has 2 N–H and O–H groups in total. The summed E-state index contributed by atoms with van der Waals surface area (Å²) in [6.07, 6.45) is -2.79. The van der Waals surface area contributed by atoms with E-state index in [1.54, 1.807) is 0 Å². The molecule has 0 aliphatic rings. The van der Waals surface area contributed by atoms with E-state index in [2.05, 4.69) is 4.98 Å². The molecule has 0 fully saturated rings. The lowest BCUT2D eigenvalue weighted by atomic mass is 10.2. The van der Waals surface area contributed by atoms with Crippen LogP contribution >= 0.6 is 11.3 Å². The molecule has 110 valence electrons. The fourth-order valence-electron chi connectivity index (χ4n) is 1.36. The summed E-state index contributed by atoms with van der Waals surface area (Å²) in [5, 5.41) is 4.68. The van der Waals surface area contributed by atoms with E-state index in [0.717, 1.165) is 0 Å². The summed E-state index contributed by atoms with van der Waals surface area (Å²) in [5.41, 5.74) is 0. The van der Waals surface area contributed by atoms with Crippen LogP contribution in [0, 0.1) is 0 Å². The van der Waals surface area contributed by atoms with Gasteiger partial charge in [-0.3, -0.25) is 0 Å². The van der Waals surface area contributed by atoms with Gasteiger partial charge in [0.1, 0.15) is 8.07 Å². The Hall–Kier alpha value is -0.383. The Labute approximate surface area is 117 Å². The van der Waals surface area contributed by atoms with Crippen molar-refractivity contribution in [3.05, 3.63) is 5.01 Å². The molecule has 0 saturated carbocycles. The fourth-order valence-corrected chi connectivity index (χ4v) is 6.76. The summed E-state index contributed by atoms with van der Waals surface area (Å²) in [7, 11) is -6.39. The lowest BCUT2D eigenvalue weighted by Gasteiger charge is -2.35. The fraction of sp³-hybridized carbons (Fsp3) is 0.700. The highest BCUT2D eigenvalue weighted by Gasteiger charge is 2.43. The third-order valence-corrected chi connectivity index (χ3v) is 11.7. The van der Waals surface area contributed by atoms with E-state index in [4.69, 9.17) is 5.14 Å². The second-order valence-corrected chi connectivity index (χ2v) is 13.9. The van der Waals surface area contributed by atoms with Gasteiger partial charge in [0.2, 0.25) is 10.0 Å². The molecule has 19 heavy (non-hydrogen) atoms. The van der Waals surface area contributed by atoms with Crippen molar-refractivity contribution >= 4 is 34.8 Å². The maximum absolute atomic E-state index is 12.8. The minimum atomic E-state index is -4.03. The average molecular weight is 328 g/mol. The van der Waals surface area contributed by atoms with Gasteiger partial charge in [-0.05, 0) is 5.04 Å². The number of nitrogens with two attached hydrogens (primary N) is 1. The number of hydrogen-bond donors (Lipinski definition) is 1. The highest BCUT2D eigenvalue weighted by Crippen LogP contribution is 2.38. The quantitative estimate of drug-likeness (QED) is 0.866. The number of nitrogens with zero attached hydrogens (tertiary/aromatic N) is 1. The number of primary sulfonamides is 1. The number of halogens is 2. The van der Waals surface area contributed by atoms with Crippen molar-refractivity contribution in [1.82, 2.24) is 4.98 Å². The molecule has 1 aromatic rings. The number of thiazole rings is 1. The van der Waals surface area contributed by atoms with Crippen molar-refractivity contribution in [2.24, 2.45) is 5.14 Å². The first-order valence-corrected chi connectivity index (χ1v) is 11.0. The Bertz CT molecular complexity index is 577. The normalized spacial score (nSPS) is 14.2. The van der Waals surface area contributed by atoms with Crippen LogP contribution in [0.2, 0.25) is 18.1 Å². The lowest BCUT2D eigenvalue weighted by Crippen LogP contribution is -2.52. The molecular weight excluding hydrogens is 310 g/mol. The van der Waals surface area contributed by atoms with Gasteiger partial charge in [-0.2, -0.15) is 0 Å². The van der Waals surface area contributed by atoms with Gasteiger partial charge >= 0.3 is 0 Å². The molecule has 1 rings (SSSR count). The van der Waals surface area contributed by atoms with Crippen molar-refractivity contribution in [2.45, 2.75) is 49.5 Å². The predicted molar refractivity (Wildman–Crippen MR) is 75.3 cm³/mol. The van der Waals surface area contributed by atoms with Gasteiger partial charge in [0.05, 0.1) is 5.32 Å². The van der Waals surface area contributed by atoms with E-state index in [9.17, 15) is 17.2 Å². The molecule has 0 aliphatic heterocycles. The van der Waals surface area contributed by atoms with Gasteiger partial charge in [0.15, 0.2) is 9.22 Å². The zero-order valence-electron chi connectivity index (χ0n) is 11.5. The Morgan fingerprint density at radius 3 is 2.11 bits per heavy atom. The van der Waals surface area contributed by atoms with Gasteiger partial charge in [-0.15, -0.1) is 11.3 Å². The maximum atomic E-state index is 12.8. The highest BCUT2D eigenvalue weighted by atomic mass is 32.2. The van der Waals surface area contributed by atoms with Crippen molar-refractivity contribution in [3.63, 3.8) is 0 Å². The van der Waals surface area contributed by atoms with Gasteiger partial charge in [0, 0.05) is 0 Å². The Morgan fingerprint density at radius 2 is 1.79 bits per heavy atom. The van der Waals surface area contributed by atoms with E-state index < -0.39 is 29.5 Å². The molecule has 0 unspecified atom stereocenters. The Balaban J connectivity index is 3.60. The van der Waals surface area contributed by atoms with Gasteiger partial charge in [-0.25, -0.2) is 27.3 Å². The van der Waals surface area contributed by atoms with Crippen LogP contribution in [0.25, 0.3) is 0 Å². The summed E-state index contributed by atoms with van der Waals surface area (Å²) < 4.78 is 48.5. The summed E-state index contributed by atoms with van der Waals surface area (Å²) in [6, 6.07) is 0. The van der Waals surface area contributed by atoms with Crippen LogP contribution in [0.4, 0.5) is 8.78 Å². The van der Waals surface area contributed by atoms with E-state index in [1.807, 2.05) is 33.9 Å². The molecule has 0 amide bonds. The molecule has 0 radical (unpaired) electrons. The number of aromatic nitrogens is 1. The van der Waals surface area contributed by atoms with Crippen LogP contribution in [-0.2, 0) is 10.0 Å². The van der Waals surface area contributed by atoms with Crippen molar-refractivity contribution in [3.8, 4) is 0 Å². The molecule has 0 bridgehead atoms. The Morgan fingerprint density at radius 1 is 1.32 bits per heavy atom. The molecule has 1 heterocycles. The van der Waals surface area contributed by atoms with E-state index in [1.165, 1.54) is 0 Å². The second-order valence-electron chi connectivity index (χ2n) is 5.91. The van der Waals surface area contributed by atoms with Crippen molar-refractivity contribution in [2.75, 3.05) is 0 Å². The largest absolute Gasteiger partial charge is 0.289 e. The van der Waals surface area contributed by atoms with E-state index in [0.29, 0.717) is 11.3 Å². The molecule has 0 aliphatic carbocycles. The number of rotatable bonds is 3. The van der Waals surface area contributed by atoms with Crippen LogP contribution in [0.15, 0.2) is 4.21 Å². The molecule has 0 atom stereocenters. The zero-order chi connectivity index (χ0) is 15.2. The summed E-state index contributed by atoms with van der Waals surface area (Å²) >= 11 is 0.478. The molecule has 1 aromatic heterocycles. The topological polar surface area (TPSA) is 73.0 Å². The second kappa shape index (κ2) is 4.87. The van der Waals surface area contributed by atoms with Crippen LogP contribution < -0.4 is 10.5 Å². The lowest BCUT2D eigenvalue weighted by molar-refractivity contribution is 0.151. The van der Waals surface area contributed by atoms with Gasteiger partial charge in [-0.1, -0.05) is 33.9 Å². The molecule has 4 nitrogen and oxygen atoms in total. The highest BCUT2D eigenvalue weighted by molar-refractivity contribution is 7.91. The van der Waals surface area contributed by atoms with Crippen LogP contribution in [0.5, 0.6) is 0 Å². The monoisotopic (exact) mass is 328 g/mol. The van der Waals surface area contributed by atoms with Crippen molar-refractivity contribution in [1.29, 1.82) is 0 Å². The first-order chi connectivity index (χ1) is 8.28. The van der Waals surface area contributed by atoms with Crippen LogP contribution in [0.1, 0.15) is 32.2 Å². The average Bonchev–Trinajstić information content (AvgIpc) is 2.59. The predicted octanol–water partition coefficient (Wildman–Crippen LogP) is 2.44. The Kier molecular flexibility index (Phi) is 4.27. The zero-order valence-corrected chi connectivity index (χ0v) is 14.1. The molecule has 9 heteroatoms. The van der Waals surface area contributed by atoms with E-state index >= 15 is 0 Å². The van der Waals surface area contributed by atoms with Crippen molar-refractivity contribution < 1.29 is 17.2 Å². The van der Waals surface area contributed by atoms with Crippen LogP contribution in [0.3, 0.4) is 0 Å². The standard InChI is InChI=1S/C10H18F2N2O2S2Si/c1-10(2,3)19(4,5)8-9(18(13,15)16)17-7(14-8)6(11)12/h6H,1-5H3,(H2,13,15,16). The minimum Gasteiger partial charge on any atom is -0.244 e. The molecular formula is C10H18F2N2O2S2Si. The number of hydrogen-bond acceptors (Lipinski definition) is 4. The summed E-state index contributed by atoms with van der Waals surface area (Å²) in [4.78, 5) is 3.89. The van der Waals surface area contributed by atoms with Crippen LogP contribution in [-0.4, -0.2) is 21.5 Å². The smallest absolute Gasteiger partial charge is 0.244 e. The molecule has 0 aromatic carbocycles. The SMILES string of the molecule is CC(C)(C)[Si](C)(C)c1nc(C(F)F)sc1S(N)(=O)=O. The first-order valence-electron chi connectivity index (χ1n) is 5.60. The third kappa shape index (κ3) is 3.20. The third-order valence-electron chi connectivity index (χ3n) is 3.52. The van der Waals surface area contributed by atoms with E-state index in [-0.39, 0.29) is 14.6 Å². The molecule has 0 spiro atoms. The summed E-state index contributed by atoms with van der Waals surface area (Å²) in [6.45, 7) is 9.67. The van der Waals surface area contributed by atoms with Gasteiger partial charge in [0.25, 0.3) is 6.43 Å². The van der Waals surface area contributed by atoms with Gasteiger partial charge < -0.3 is 0 Å². The molecule has 0 saturated heterocycles. The number of sulfonamides is 1. The summed E-state index contributed by atoms with van der Waals surface area (Å²) in [5.74, 6) is 0. The first kappa shape index (κ1) is 16.7. The maximum Gasteiger partial charge on any atom is 0.289 e. The minimum absolute atomic E-state index is 0.214. The number of alkyl halides is 2.